The largest absolute Gasteiger partial charge is 0.389 e. The first-order chi connectivity index (χ1) is 9.04. The van der Waals surface area contributed by atoms with E-state index in [0.29, 0.717) is 16.6 Å². The number of amides is 1. The van der Waals surface area contributed by atoms with Crippen molar-refractivity contribution in [3.63, 3.8) is 0 Å². The molecule has 0 spiro atoms. The number of hydrogen-bond donors (Lipinski definition) is 2. The fourth-order valence-corrected chi connectivity index (χ4v) is 2.70. The Morgan fingerprint density at radius 3 is 3.00 bits per heavy atom. The molecule has 102 valence electrons. The number of nitrogens with two attached hydrogens (primary N) is 1. The summed E-state index contributed by atoms with van der Waals surface area (Å²) < 4.78 is 0. The van der Waals surface area contributed by atoms with E-state index in [1.165, 1.54) is 0 Å². The molecule has 3 N–H and O–H groups in total. The SMILES string of the molecule is CCC1C(=O)NCCN1c1cc(Cl)ccc1C(N)=S. The first kappa shape index (κ1) is 14.1. The van der Waals surface area contributed by atoms with Gasteiger partial charge in [0.25, 0.3) is 0 Å². The highest BCUT2D eigenvalue weighted by Gasteiger charge is 2.29. The number of nitrogens with one attached hydrogen (secondary N) is 1. The van der Waals surface area contributed by atoms with Crippen molar-refractivity contribution in [2.45, 2.75) is 19.4 Å². The number of thiocarbonyl (C=S) groups is 1. The van der Waals surface area contributed by atoms with Gasteiger partial charge in [-0.05, 0) is 24.6 Å². The fourth-order valence-electron chi connectivity index (χ4n) is 2.36. The molecule has 1 fully saturated rings. The number of halogens is 1. The van der Waals surface area contributed by atoms with Gasteiger partial charge in [0.05, 0.1) is 0 Å². The molecule has 1 amide bonds. The first-order valence-corrected chi connectivity index (χ1v) is 6.97. The third-order valence-corrected chi connectivity index (χ3v) is 3.71. The molecule has 6 heteroatoms. The zero-order valence-electron chi connectivity index (χ0n) is 10.6. The molecule has 2 rings (SSSR count). The maximum absolute atomic E-state index is 11.9. The molecule has 1 aliphatic rings. The first-order valence-electron chi connectivity index (χ1n) is 6.18. The molecule has 1 atom stereocenters. The van der Waals surface area contributed by atoms with E-state index in [4.69, 9.17) is 29.6 Å². The average Bonchev–Trinajstić information content (AvgIpc) is 2.37. The summed E-state index contributed by atoms with van der Waals surface area (Å²) >= 11 is 11.1. The fraction of sp³-hybridized carbons (Fsp3) is 0.385. The smallest absolute Gasteiger partial charge is 0.242 e. The van der Waals surface area contributed by atoms with Gasteiger partial charge in [0.1, 0.15) is 11.0 Å². The molecule has 1 unspecified atom stereocenters. The van der Waals surface area contributed by atoms with Crippen molar-refractivity contribution in [1.29, 1.82) is 0 Å². The van der Waals surface area contributed by atoms with Crippen LogP contribution in [-0.4, -0.2) is 30.0 Å². The Morgan fingerprint density at radius 1 is 1.63 bits per heavy atom. The van der Waals surface area contributed by atoms with Gasteiger partial charge in [0, 0.05) is 29.4 Å². The summed E-state index contributed by atoms with van der Waals surface area (Å²) in [5.41, 5.74) is 7.35. The molecular formula is C13H16ClN3OS. The van der Waals surface area contributed by atoms with Crippen molar-refractivity contribution in [3.05, 3.63) is 28.8 Å². The second kappa shape index (κ2) is 5.75. The molecule has 1 saturated heterocycles. The van der Waals surface area contributed by atoms with Crippen molar-refractivity contribution < 1.29 is 4.79 Å². The van der Waals surface area contributed by atoms with Crippen LogP contribution in [0.25, 0.3) is 0 Å². The Morgan fingerprint density at radius 2 is 2.37 bits per heavy atom. The standard InChI is InChI=1S/C13H16ClN3OS/c1-2-10-13(18)16-5-6-17(10)11-7-8(14)3-4-9(11)12(15)19/h3-4,7,10H,2,5-6H2,1H3,(H2,15,19)(H,16,18). The number of carbonyl (C=O) groups excluding carboxylic acids is 1. The van der Waals surface area contributed by atoms with Crippen LogP contribution in [0, 0.1) is 0 Å². The van der Waals surface area contributed by atoms with E-state index >= 15 is 0 Å². The van der Waals surface area contributed by atoms with E-state index in [1.807, 2.05) is 17.9 Å². The molecule has 1 aromatic carbocycles. The van der Waals surface area contributed by atoms with E-state index in [9.17, 15) is 4.79 Å². The minimum Gasteiger partial charge on any atom is -0.389 e. The van der Waals surface area contributed by atoms with Gasteiger partial charge in [-0.1, -0.05) is 30.7 Å². The van der Waals surface area contributed by atoms with Crippen molar-refractivity contribution >= 4 is 40.4 Å². The number of rotatable bonds is 3. The van der Waals surface area contributed by atoms with E-state index in [0.717, 1.165) is 24.2 Å². The summed E-state index contributed by atoms with van der Waals surface area (Å²) in [6.45, 7) is 3.31. The Bertz CT molecular complexity index is 521. The highest BCUT2D eigenvalue weighted by Crippen LogP contribution is 2.28. The molecule has 1 aliphatic heterocycles. The van der Waals surface area contributed by atoms with Crippen molar-refractivity contribution in [3.8, 4) is 0 Å². The van der Waals surface area contributed by atoms with Gasteiger partial charge in [0.15, 0.2) is 0 Å². The quantitative estimate of drug-likeness (QED) is 0.834. The van der Waals surface area contributed by atoms with Gasteiger partial charge >= 0.3 is 0 Å². The predicted molar refractivity (Wildman–Crippen MR) is 81.8 cm³/mol. The molecule has 1 heterocycles. The Kier molecular flexibility index (Phi) is 4.27. The normalized spacial score (nSPS) is 19.2. The molecule has 0 radical (unpaired) electrons. The van der Waals surface area contributed by atoms with Crippen LogP contribution in [-0.2, 0) is 4.79 Å². The van der Waals surface area contributed by atoms with Crippen LogP contribution in [0.2, 0.25) is 5.02 Å². The number of carbonyl (C=O) groups is 1. The summed E-state index contributed by atoms with van der Waals surface area (Å²) in [4.78, 5) is 14.3. The Hall–Kier alpha value is -1.33. The lowest BCUT2D eigenvalue weighted by Gasteiger charge is -2.37. The number of piperazine rings is 1. The van der Waals surface area contributed by atoms with Crippen LogP contribution in [0.4, 0.5) is 5.69 Å². The predicted octanol–water partition coefficient (Wildman–Crippen LogP) is 1.69. The minimum atomic E-state index is -0.208. The second-order valence-electron chi connectivity index (χ2n) is 4.43. The molecular weight excluding hydrogens is 282 g/mol. The van der Waals surface area contributed by atoms with Crippen LogP contribution < -0.4 is 16.0 Å². The molecule has 1 aromatic rings. The van der Waals surface area contributed by atoms with Crippen molar-refractivity contribution in [1.82, 2.24) is 5.32 Å². The van der Waals surface area contributed by atoms with Gasteiger partial charge in [-0.25, -0.2) is 0 Å². The summed E-state index contributed by atoms with van der Waals surface area (Å²) in [6.07, 6.45) is 0.717. The third-order valence-electron chi connectivity index (χ3n) is 3.25. The Labute approximate surface area is 122 Å². The molecule has 0 aromatic heterocycles. The van der Waals surface area contributed by atoms with Crippen LogP contribution in [0.3, 0.4) is 0 Å². The maximum Gasteiger partial charge on any atom is 0.242 e. The molecule has 0 aliphatic carbocycles. The molecule has 0 saturated carbocycles. The van der Waals surface area contributed by atoms with Gasteiger partial charge < -0.3 is 16.0 Å². The van der Waals surface area contributed by atoms with Crippen LogP contribution in [0.15, 0.2) is 18.2 Å². The lowest BCUT2D eigenvalue weighted by Crippen LogP contribution is -2.55. The lowest BCUT2D eigenvalue weighted by atomic mass is 10.1. The number of nitrogens with zero attached hydrogens (tertiary/aromatic N) is 1. The average molecular weight is 298 g/mol. The Balaban J connectivity index is 2.46. The highest BCUT2D eigenvalue weighted by atomic mass is 35.5. The summed E-state index contributed by atoms with van der Waals surface area (Å²) in [6, 6.07) is 5.17. The monoisotopic (exact) mass is 297 g/mol. The van der Waals surface area contributed by atoms with Crippen molar-refractivity contribution in [2.24, 2.45) is 5.73 Å². The van der Waals surface area contributed by atoms with E-state index in [-0.39, 0.29) is 11.9 Å². The van der Waals surface area contributed by atoms with Gasteiger partial charge in [-0.2, -0.15) is 0 Å². The number of hydrogen-bond acceptors (Lipinski definition) is 3. The van der Waals surface area contributed by atoms with Gasteiger partial charge in [-0.3, -0.25) is 4.79 Å². The molecule has 4 nitrogen and oxygen atoms in total. The summed E-state index contributed by atoms with van der Waals surface area (Å²) in [5, 5.41) is 3.48. The molecule has 0 bridgehead atoms. The summed E-state index contributed by atoms with van der Waals surface area (Å²) in [5.74, 6) is 0.0302. The number of anilines is 1. The summed E-state index contributed by atoms with van der Waals surface area (Å²) in [7, 11) is 0. The zero-order chi connectivity index (χ0) is 14.0. The van der Waals surface area contributed by atoms with E-state index in [2.05, 4.69) is 5.32 Å². The van der Waals surface area contributed by atoms with Gasteiger partial charge in [0.2, 0.25) is 5.91 Å². The van der Waals surface area contributed by atoms with E-state index < -0.39 is 0 Å². The zero-order valence-corrected chi connectivity index (χ0v) is 12.2. The highest BCUT2D eigenvalue weighted by molar-refractivity contribution is 7.80. The van der Waals surface area contributed by atoms with E-state index in [1.54, 1.807) is 12.1 Å². The lowest BCUT2D eigenvalue weighted by molar-refractivity contribution is -0.123. The molecule has 19 heavy (non-hydrogen) atoms. The van der Waals surface area contributed by atoms with Crippen LogP contribution >= 0.6 is 23.8 Å². The number of benzene rings is 1. The topological polar surface area (TPSA) is 58.4 Å². The van der Waals surface area contributed by atoms with Crippen LogP contribution in [0.1, 0.15) is 18.9 Å². The third kappa shape index (κ3) is 2.82. The van der Waals surface area contributed by atoms with Gasteiger partial charge in [-0.15, -0.1) is 0 Å². The second-order valence-corrected chi connectivity index (χ2v) is 5.31. The minimum absolute atomic E-state index is 0.0302. The van der Waals surface area contributed by atoms with Crippen molar-refractivity contribution in [2.75, 3.05) is 18.0 Å². The maximum atomic E-state index is 11.9. The van der Waals surface area contributed by atoms with Crippen LogP contribution in [0.5, 0.6) is 0 Å².